The number of nitrogens with zero attached hydrogens (tertiary/aromatic N) is 3. The lowest BCUT2D eigenvalue weighted by Gasteiger charge is -2.25. The smallest absolute Gasteiger partial charge is 0.237 e. The fourth-order valence-electron chi connectivity index (χ4n) is 1.91. The molecule has 1 atom stereocenters. The topological polar surface area (TPSA) is 38.2 Å². The maximum absolute atomic E-state index is 5.65. The number of aromatic nitrogens is 2. The SMILES string of the molecule is CCC(C)N(C)c1cnc2c(n1)OCCCC2.Cl. The molecule has 0 aliphatic carbocycles. The lowest BCUT2D eigenvalue weighted by molar-refractivity contribution is 0.304. The molecule has 0 spiro atoms. The Morgan fingerprint density at radius 1 is 1.44 bits per heavy atom. The number of fused-ring (bicyclic) bond motifs is 1. The second kappa shape index (κ2) is 6.78. The molecule has 0 saturated heterocycles. The predicted molar refractivity (Wildman–Crippen MR) is 75.9 cm³/mol. The number of rotatable bonds is 3. The van der Waals surface area contributed by atoms with E-state index in [1.807, 2.05) is 6.20 Å². The number of hydrogen-bond donors (Lipinski definition) is 0. The van der Waals surface area contributed by atoms with E-state index in [4.69, 9.17) is 4.74 Å². The molecule has 2 rings (SSSR count). The van der Waals surface area contributed by atoms with Crippen LogP contribution in [0, 0.1) is 0 Å². The highest BCUT2D eigenvalue weighted by molar-refractivity contribution is 5.85. The Morgan fingerprint density at radius 2 is 2.22 bits per heavy atom. The van der Waals surface area contributed by atoms with Gasteiger partial charge in [-0.2, -0.15) is 4.98 Å². The Kier molecular flexibility index (Phi) is 5.66. The van der Waals surface area contributed by atoms with Crippen LogP contribution in [0.5, 0.6) is 5.88 Å². The first-order valence-electron chi connectivity index (χ1n) is 6.44. The van der Waals surface area contributed by atoms with Crippen LogP contribution in [0.4, 0.5) is 5.82 Å². The highest BCUT2D eigenvalue weighted by atomic mass is 35.5. The highest BCUT2D eigenvalue weighted by Gasteiger charge is 2.16. The van der Waals surface area contributed by atoms with Crippen LogP contribution >= 0.6 is 12.4 Å². The summed E-state index contributed by atoms with van der Waals surface area (Å²) in [5, 5.41) is 0. The molecule has 1 aliphatic heterocycles. The Bertz CT molecular complexity index is 386. The van der Waals surface area contributed by atoms with Gasteiger partial charge in [0.2, 0.25) is 5.88 Å². The van der Waals surface area contributed by atoms with Gasteiger partial charge in [0.25, 0.3) is 0 Å². The van der Waals surface area contributed by atoms with Gasteiger partial charge in [-0.1, -0.05) is 6.92 Å². The van der Waals surface area contributed by atoms with E-state index in [2.05, 4.69) is 35.8 Å². The van der Waals surface area contributed by atoms with Crippen molar-refractivity contribution in [3.63, 3.8) is 0 Å². The summed E-state index contributed by atoms with van der Waals surface area (Å²) in [4.78, 5) is 11.2. The number of aryl methyl sites for hydroxylation is 1. The molecule has 18 heavy (non-hydrogen) atoms. The average molecular weight is 272 g/mol. The summed E-state index contributed by atoms with van der Waals surface area (Å²) in [6.45, 7) is 5.13. The Labute approximate surface area is 115 Å². The molecule has 1 unspecified atom stereocenters. The normalized spacial score (nSPS) is 15.7. The fourth-order valence-corrected chi connectivity index (χ4v) is 1.91. The summed E-state index contributed by atoms with van der Waals surface area (Å²) < 4.78 is 5.65. The van der Waals surface area contributed by atoms with Crippen molar-refractivity contribution in [2.45, 2.75) is 45.6 Å². The first-order chi connectivity index (χ1) is 8.22. The van der Waals surface area contributed by atoms with Crippen LogP contribution in [-0.4, -0.2) is 29.7 Å². The van der Waals surface area contributed by atoms with Crippen molar-refractivity contribution in [3.8, 4) is 5.88 Å². The van der Waals surface area contributed by atoms with Crippen molar-refractivity contribution in [2.75, 3.05) is 18.6 Å². The number of halogens is 1. The van der Waals surface area contributed by atoms with Gasteiger partial charge in [-0.15, -0.1) is 12.4 Å². The van der Waals surface area contributed by atoms with E-state index in [-0.39, 0.29) is 12.4 Å². The Morgan fingerprint density at radius 3 is 2.94 bits per heavy atom. The number of ether oxygens (including phenoxy) is 1. The molecule has 4 nitrogen and oxygen atoms in total. The summed E-state index contributed by atoms with van der Waals surface area (Å²) in [5.74, 6) is 1.63. The minimum atomic E-state index is 0. The van der Waals surface area contributed by atoms with Crippen LogP contribution < -0.4 is 9.64 Å². The fraction of sp³-hybridized carbons (Fsp3) is 0.692. The Balaban J connectivity index is 0.00000162. The Hall–Kier alpha value is -1.03. The van der Waals surface area contributed by atoms with E-state index in [1.165, 1.54) is 0 Å². The van der Waals surface area contributed by atoms with Crippen LogP contribution in [0.1, 0.15) is 38.8 Å². The third-order valence-corrected chi connectivity index (χ3v) is 3.46. The van der Waals surface area contributed by atoms with E-state index in [1.54, 1.807) is 0 Å². The zero-order valence-electron chi connectivity index (χ0n) is 11.3. The standard InChI is InChI=1S/C13H21N3O.ClH/c1-4-10(2)16(3)12-9-14-11-7-5-6-8-17-13(11)15-12;/h9-10H,4-8H2,1-3H3;1H. The number of anilines is 1. The van der Waals surface area contributed by atoms with Gasteiger partial charge >= 0.3 is 0 Å². The third-order valence-electron chi connectivity index (χ3n) is 3.46. The molecule has 0 aromatic carbocycles. The molecule has 0 N–H and O–H groups in total. The molecule has 5 heteroatoms. The predicted octanol–water partition coefficient (Wildman–Crippen LogP) is 2.85. The molecule has 102 valence electrons. The summed E-state index contributed by atoms with van der Waals surface area (Å²) in [5.41, 5.74) is 1.00. The van der Waals surface area contributed by atoms with Gasteiger partial charge in [0.1, 0.15) is 5.69 Å². The minimum Gasteiger partial charge on any atom is -0.476 e. The quantitative estimate of drug-likeness (QED) is 0.847. The zero-order valence-corrected chi connectivity index (χ0v) is 12.2. The average Bonchev–Trinajstić information content (AvgIpc) is 2.61. The van der Waals surface area contributed by atoms with Gasteiger partial charge in [0, 0.05) is 13.1 Å². The van der Waals surface area contributed by atoms with E-state index >= 15 is 0 Å². The van der Waals surface area contributed by atoms with Gasteiger partial charge in [0.15, 0.2) is 5.82 Å². The van der Waals surface area contributed by atoms with Crippen LogP contribution in [0.2, 0.25) is 0 Å². The molecule has 2 heterocycles. The van der Waals surface area contributed by atoms with Gasteiger partial charge in [-0.05, 0) is 32.6 Å². The molecule has 1 aromatic rings. The summed E-state index contributed by atoms with van der Waals surface area (Å²) in [6, 6.07) is 0.466. The first kappa shape index (κ1) is 15.0. The molecule has 1 aliphatic rings. The molecule has 1 aromatic heterocycles. The van der Waals surface area contributed by atoms with Crippen LogP contribution in [0.15, 0.2) is 6.20 Å². The maximum atomic E-state index is 5.65. The van der Waals surface area contributed by atoms with Crippen molar-refractivity contribution in [3.05, 3.63) is 11.9 Å². The highest BCUT2D eigenvalue weighted by Crippen LogP contribution is 2.23. The molecule has 0 bridgehead atoms. The van der Waals surface area contributed by atoms with Crippen LogP contribution in [-0.2, 0) is 6.42 Å². The van der Waals surface area contributed by atoms with E-state index < -0.39 is 0 Å². The summed E-state index contributed by atoms with van der Waals surface area (Å²) in [7, 11) is 2.06. The second-order valence-corrected chi connectivity index (χ2v) is 4.65. The van der Waals surface area contributed by atoms with Crippen molar-refractivity contribution >= 4 is 18.2 Å². The monoisotopic (exact) mass is 271 g/mol. The molecular weight excluding hydrogens is 250 g/mol. The van der Waals surface area contributed by atoms with Gasteiger partial charge in [-0.25, -0.2) is 0 Å². The lowest BCUT2D eigenvalue weighted by Crippen LogP contribution is -2.29. The van der Waals surface area contributed by atoms with E-state index in [9.17, 15) is 0 Å². The minimum absolute atomic E-state index is 0. The van der Waals surface area contributed by atoms with Crippen molar-refractivity contribution in [1.29, 1.82) is 0 Å². The number of hydrogen-bond acceptors (Lipinski definition) is 4. The van der Waals surface area contributed by atoms with Gasteiger partial charge in [0.05, 0.1) is 12.8 Å². The molecule has 0 fully saturated rings. The third kappa shape index (κ3) is 3.25. The van der Waals surface area contributed by atoms with Crippen molar-refractivity contribution < 1.29 is 4.74 Å². The lowest BCUT2D eigenvalue weighted by atomic mass is 10.2. The van der Waals surface area contributed by atoms with Crippen LogP contribution in [0.25, 0.3) is 0 Å². The molecular formula is C13H22ClN3O. The molecule has 0 amide bonds. The second-order valence-electron chi connectivity index (χ2n) is 4.65. The van der Waals surface area contributed by atoms with Gasteiger partial charge < -0.3 is 9.64 Å². The largest absolute Gasteiger partial charge is 0.476 e. The van der Waals surface area contributed by atoms with Gasteiger partial charge in [-0.3, -0.25) is 4.98 Å². The van der Waals surface area contributed by atoms with Crippen LogP contribution in [0.3, 0.4) is 0 Å². The van der Waals surface area contributed by atoms with E-state index in [0.29, 0.717) is 6.04 Å². The van der Waals surface area contributed by atoms with Crippen molar-refractivity contribution in [1.82, 2.24) is 9.97 Å². The first-order valence-corrected chi connectivity index (χ1v) is 6.44. The molecule has 0 saturated carbocycles. The zero-order chi connectivity index (χ0) is 12.3. The maximum Gasteiger partial charge on any atom is 0.237 e. The van der Waals surface area contributed by atoms with E-state index in [0.717, 1.165) is 49.7 Å². The summed E-state index contributed by atoms with van der Waals surface area (Å²) in [6.07, 6.45) is 6.17. The molecule has 0 radical (unpaired) electrons. The summed E-state index contributed by atoms with van der Waals surface area (Å²) >= 11 is 0. The van der Waals surface area contributed by atoms with Crippen molar-refractivity contribution in [2.24, 2.45) is 0 Å².